The van der Waals surface area contributed by atoms with Crippen LogP contribution in [0.2, 0.25) is 0 Å². The highest BCUT2D eigenvalue weighted by atomic mass is 79.9. The first kappa shape index (κ1) is 20.0. The second kappa shape index (κ2) is 6.91. The molecule has 1 aromatic rings. The summed E-state index contributed by atoms with van der Waals surface area (Å²) in [6, 6.07) is 4.61. The predicted octanol–water partition coefficient (Wildman–Crippen LogP) is 1.23. The summed E-state index contributed by atoms with van der Waals surface area (Å²) in [5, 5.41) is 6.14. The molecule has 3 aliphatic heterocycles. The molecule has 154 valence electrons. The van der Waals surface area contributed by atoms with Crippen LogP contribution in [0.3, 0.4) is 0 Å². The van der Waals surface area contributed by atoms with Crippen LogP contribution >= 0.6 is 15.9 Å². The Bertz CT molecular complexity index is 935. The number of carbonyl (C=O) groups excluding carboxylic acids is 4. The Hall–Kier alpha value is -2.26. The molecular weight excluding hydrogens is 440 g/mol. The number of primary amides is 1. The van der Waals surface area contributed by atoms with Gasteiger partial charge in [0.1, 0.15) is 5.54 Å². The fourth-order valence-electron chi connectivity index (χ4n) is 4.96. The summed E-state index contributed by atoms with van der Waals surface area (Å²) in [7, 11) is 0. The normalized spacial score (nSPS) is 31.2. The van der Waals surface area contributed by atoms with E-state index < -0.39 is 29.3 Å². The summed E-state index contributed by atoms with van der Waals surface area (Å²) < 4.78 is 0.765. The number of nitrogens with two attached hydrogens (primary N) is 1. The Morgan fingerprint density at radius 2 is 2.03 bits per heavy atom. The Morgan fingerprint density at radius 1 is 1.31 bits per heavy atom. The summed E-state index contributed by atoms with van der Waals surface area (Å²) in [5.41, 5.74) is 5.23. The van der Waals surface area contributed by atoms with E-state index in [0.29, 0.717) is 17.7 Å². The third-order valence-corrected chi connectivity index (χ3v) is 6.94. The molecule has 0 bridgehead atoms. The first-order valence-corrected chi connectivity index (χ1v) is 10.6. The maximum absolute atomic E-state index is 13.5. The van der Waals surface area contributed by atoms with Crippen molar-refractivity contribution in [3.63, 3.8) is 0 Å². The van der Waals surface area contributed by atoms with Crippen LogP contribution < -0.4 is 16.4 Å². The molecule has 0 radical (unpaired) electrons. The highest BCUT2D eigenvalue weighted by Gasteiger charge is 2.70. The lowest BCUT2D eigenvalue weighted by molar-refractivity contribution is -0.145. The summed E-state index contributed by atoms with van der Waals surface area (Å²) in [4.78, 5) is 52.7. The molecule has 9 heteroatoms. The Labute approximate surface area is 176 Å². The van der Waals surface area contributed by atoms with Gasteiger partial charge in [-0.2, -0.15) is 0 Å². The smallest absolute Gasteiger partial charge is 0.250 e. The van der Waals surface area contributed by atoms with Gasteiger partial charge in [-0.3, -0.25) is 29.4 Å². The van der Waals surface area contributed by atoms with Crippen LogP contribution in [0.5, 0.6) is 0 Å². The van der Waals surface area contributed by atoms with E-state index in [0.717, 1.165) is 4.47 Å². The number of hydrogen-bond donors (Lipinski definition) is 3. The molecule has 4 amide bonds. The quantitative estimate of drug-likeness (QED) is 0.568. The number of fused-ring (bicyclic) bond motifs is 4. The lowest BCUT2D eigenvalue weighted by Crippen LogP contribution is -2.54. The van der Waals surface area contributed by atoms with Crippen molar-refractivity contribution in [3.8, 4) is 0 Å². The lowest BCUT2D eigenvalue weighted by atomic mass is 9.76. The fraction of sp³-hybridized carbons (Fsp3) is 0.500. The first-order chi connectivity index (χ1) is 13.7. The van der Waals surface area contributed by atoms with Gasteiger partial charge in [-0.05, 0) is 38.0 Å². The second-order valence-corrected chi connectivity index (χ2v) is 8.93. The summed E-state index contributed by atoms with van der Waals surface area (Å²) >= 11 is 3.44. The number of halogens is 1. The molecule has 3 aliphatic rings. The molecular formula is C20H23BrN4O4. The molecule has 2 saturated heterocycles. The van der Waals surface area contributed by atoms with Crippen molar-refractivity contribution in [1.82, 2.24) is 10.2 Å². The van der Waals surface area contributed by atoms with Crippen LogP contribution in [0, 0.1) is 11.8 Å². The molecule has 0 unspecified atom stereocenters. The lowest BCUT2D eigenvalue weighted by Gasteiger charge is -2.31. The van der Waals surface area contributed by atoms with Gasteiger partial charge < -0.3 is 11.1 Å². The van der Waals surface area contributed by atoms with Crippen molar-refractivity contribution in [2.45, 2.75) is 50.7 Å². The fourth-order valence-corrected chi connectivity index (χ4v) is 5.32. The van der Waals surface area contributed by atoms with Crippen LogP contribution in [-0.4, -0.2) is 40.6 Å². The van der Waals surface area contributed by atoms with Crippen LogP contribution in [0.4, 0.5) is 5.69 Å². The van der Waals surface area contributed by atoms with Crippen LogP contribution in [-0.2, 0) is 24.7 Å². The van der Waals surface area contributed by atoms with Crippen molar-refractivity contribution in [3.05, 3.63) is 28.2 Å². The number of hydrogen-bond acceptors (Lipinski definition) is 5. The monoisotopic (exact) mass is 462 g/mol. The molecule has 1 aromatic carbocycles. The molecule has 0 saturated carbocycles. The number of nitrogens with zero attached hydrogens (tertiary/aromatic N) is 1. The Balaban J connectivity index is 1.85. The van der Waals surface area contributed by atoms with E-state index in [1.54, 1.807) is 12.1 Å². The number of benzene rings is 1. The molecule has 4 N–H and O–H groups in total. The number of likely N-dealkylation sites (tertiary alicyclic amines) is 1. The van der Waals surface area contributed by atoms with Crippen molar-refractivity contribution >= 4 is 45.2 Å². The summed E-state index contributed by atoms with van der Waals surface area (Å²) in [5.74, 6) is -3.05. The van der Waals surface area contributed by atoms with E-state index in [-0.39, 0.29) is 36.6 Å². The Morgan fingerprint density at radius 3 is 2.69 bits per heavy atom. The van der Waals surface area contributed by atoms with Gasteiger partial charge in [-0.25, -0.2) is 0 Å². The third kappa shape index (κ3) is 2.74. The summed E-state index contributed by atoms with van der Waals surface area (Å²) in [6.07, 6.45) is 0.967. The van der Waals surface area contributed by atoms with Gasteiger partial charge in [0, 0.05) is 34.2 Å². The highest BCUT2D eigenvalue weighted by Crippen LogP contribution is 2.54. The zero-order valence-corrected chi connectivity index (χ0v) is 17.8. The Kier molecular flexibility index (Phi) is 4.77. The van der Waals surface area contributed by atoms with E-state index in [1.165, 1.54) is 4.90 Å². The van der Waals surface area contributed by atoms with Gasteiger partial charge in [0.25, 0.3) is 0 Å². The number of nitrogens with one attached hydrogen (secondary N) is 2. The standard InChI is InChI=1S/C20H23BrN4O4/c1-3-9(2)25-17(27)15-13(6-7-14(22)26)24-20(16(15)18(25)28)11-8-10(21)4-5-12(11)23-19(20)29/h4-5,8-9,13,15-16,24H,3,6-7H2,1-2H3,(H2,22,26)(H,23,29)/t9-,13+,15+,16-,20-/m0/s1. The molecule has 4 rings (SSSR count). The molecule has 1 spiro atoms. The highest BCUT2D eigenvalue weighted by molar-refractivity contribution is 9.10. The van der Waals surface area contributed by atoms with Gasteiger partial charge in [0.2, 0.25) is 23.6 Å². The maximum atomic E-state index is 13.5. The minimum Gasteiger partial charge on any atom is -0.370 e. The third-order valence-electron chi connectivity index (χ3n) is 6.44. The van der Waals surface area contributed by atoms with Gasteiger partial charge >= 0.3 is 0 Å². The number of amides is 4. The second-order valence-electron chi connectivity index (χ2n) is 8.02. The topological polar surface area (TPSA) is 122 Å². The van der Waals surface area contributed by atoms with E-state index in [4.69, 9.17) is 5.73 Å². The van der Waals surface area contributed by atoms with E-state index in [1.807, 2.05) is 19.9 Å². The van der Waals surface area contributed by atoms with Crippen molar-refractivity contribution < 1.29 is 19.2 Å². The average molecular weight is 463 g/mol. The van der Waals surface area contributed by atoms with Gasteiger partial charge in [-0.1, -0.05) is 22.9 Å². The van der Waals surface area contributed by atoms with Crippen LogP contribution in [0.1, 0.15) is 38.7 Å². The molecule has 2 fully saturated rings. The number of rotatable bonds is 5. The molecule has 29 heavy (non-hydrogen) atoms. The largest absolute Gasteiger partial charge is 0.370 e. The van der Waals surface area contributed by atoms with E-state index >= 15 is 0 Å². The van der Waals surface area contributed by atoms with Crippen molar-refractivity contribution in [2.24, 2.45) is 17.6 Å². The molecule has 0 aromatic heterocycles. The summed E-state index contributed by atoms with van der Waals surface area (Å²) in [6.45, 7) is 3.74. The molecule has 0 aliphatic carbocycles. The van der Waals surface area contributed by atoms with Gasteiger partial charge in [-0.15, -0.1) is 0 Å². The predicted molar refractivity (Wildman–Crippen MR) is 108 cm³/mol. The minimum absolute atomic E-state index is 0.0642. The minimum atomic E-state index is -1.35. The van der Waals surface area contributed by atoms with Gasteiger partial charge in [0.15, 0.2) is 0 Å². The van der Waals surface area contributed by atoms with Gasteiger partial charge in [0.05, 0.1) is 11.8 Å². The average Bonchev–Trinajstić information content (AvgIpc) is 3.25. The van der Waals surface area contributed by atoms with E-state index in [2.05, 4.69) is 26.6 Å². The van der Waals surface area contributed by atoms with E-state index in [9.17, 15) is 19.2 Å². The number of anilines is 1. The molecule has 3 heterocycles. The maximum Gasteiger partial charge on any atom is 0.250 e. The van der Waals surface area contributed by atoms with Crippen LogP contribution in [0.15, 0.2) is 22.7 Å². The number of imide groups is 1. The van der Waals surface area contributed by atoms with Crippen molar-refractivity contribution in [1.29, 1.82) is 0 Å². The zero-order valence-electron chi connectivity index (χ0n) is 16.2. The SMILES string of the molecule is CC[C@H](C)N1C(=O)[C@H]2[C@@H](C1=O)[C@]1(N[C@@H]2CCC(N)=O)C(=O)Nc2ccc(Br)cc21. The molecule has 8 nitrogen and oxygen atoms in total. The molecule has 5 atom stereocenters. The van der Waals surface area contributed by atoms with Crippen LogP contribution in [0.25, 0.3) is 0 Å². The zero-order chi connectivity index (χ0) is 21.1. The van der Waals surface area contributed by atoms with Crippen molar-refractivity contribution in [2.75, 3.05) is 5.32 Å². The first-order valence-electron chi connectivity index (χ1n) is 9.76. The number of carbonyl (C=O) groups is 4.